The number of nitrogens with zero attached hydrogens (tertiary/aromatic N) is 1. The quantitative estimate of drug-likeness (QED) is 0.791. The van der Waals surface area contributed by atoms with Crippen LogP contribution in [-0.2, 0) is 9.53 Å². The summed E-state index contributed by atoms with van der Waals surface area (Å²) < 4.78 is 5.00. The Kier molecular flexibility index (Phi) is 7.57. The zero-order chi connectivity index (χ0) is 19.1. The number of amides is 2. The van der Waals surface area contributed by atoms with Crippen LogP contribution in [0.2, 0.25) is 5.02 Å². The fraction of sp³-hybridized carbons (Fsp3) is 0.579. The van der Waals surface area contributed by atoms with E-state index in [1.54, 1.807) is 11.8 Å². The second-order valence-electron chi connectivity index (χ2n) is 6.64. The first-order valence-electron chi connectivity index (χ1n) is 9.12. The van der Waals surface area contributed by atoms with Gasteiger partial charge in [0.25, 0.3) is 0 Å². The van der Waals surface area contributed by atoms with Gasteiger partial charge in [0.05, 0.1) is 17.3 Å². The fourth-order valence-electron chi connectivity index (χ4n) is 3.16. The highest BCUT2D eigenvalue weighted by atomic mass is 35.5. The molecule has 0 aromatic heterocycles. The number of aryl methyl sites for hydroxylation is 2. The minimum atomic E-state index is -0.271. The summed E-state index contributed by atoms with van der Waals surface area (Å²) in [4.78, 5) is 25.5. The van der Waals surface area contributed by atoms with E-state index in [0.29, 0.717) is 37.7 Å². The Morgan fingerprint density at radius 2 is 1.96 bits per heavy atom. The van der Waals surface area contributed by atoms with Crippen LogP contribution in [0.1, 0.15) is 37.3 Å². The maximum atomic E-state index is 12.2. The third-order valence-electron chi connectivity index (χ3n) is 4.47. The molecule has 1 aliphatic heterocycles. The molecule has 2 rings (SSSR count). The van der Waals surface area contributed by atoms with Gasteiger partial charge in [-0.05, 0) is 50.8 Å². The molecule has 0 radical (unpaired) electrons. The van der Waals surface area contributed by atoms with Crippen molar-refractivity contribution in [2.75, 3.05) is 31.6 Å². The molecule has 0 saturated carbocycles. The number of nitrogens with one attached hydrogen (secondary N) is 2. The van der Waals surface area contributed by atoms with E-state index in [4.69, 9.17) is 16.3 Å². The maximum absolute atomic E-state index is 12.2. The molecule has 1 aliphatic rings. The average Bonchev–Trinajstić information content (AvgIpc) is 2.58. The Labute approximate surface area is 160 Å². The van der Waals surface area contributed by atoms with Gasteiger partial charge in [0.15, 0.2) is 0 Å². The van der Waals surface area contributed by atoms with Gasteiger partial charge in [0, 0.05) is 32.1 Å². The van der Waals surface area contributed by atoms with Crippen LogP contribution in [0.15, 0.2) is 12.1 Å². The van der Waals surface area contributed by atoms with Crippen molar-refractivity contribution in [2.24, 2.45) is 0 Å². The minimum Gasteiger partial charge on any atom is -0.450 e. The third kappa shape index (κ3) is 5.80. The van der Waals surface area contributed by atoms with E-state index in [2.05, 4.69) is 16.7 Å². The van der Waals surface area contributed by atoms with Crippen molar-refractivity contribution in [3.05, 3.63) is 28.3 Å². The van der Waals surface area contributed by atoms with Crippen LogP contribution in [0.3, 0.4) is 0 Å². The lowest BCUT2D eigenvalue weighted by Crippen LogP contribution is -2.46. The van der Waals surface area contributed by atoms with Gasteiger partial charge in [0.2, 0.25) is 5.91 Å². The predicted octanol–water partition coefficient (Wildman–Crippen LogP) is 3.50. The van der Waals surface area contributed by atoms with Gasteiger partial charge in [-0.25, -0.2) is 4.79 Å². The number of piperidine rings is 1. The van der Waals surface area contributed by atoms with E-state index < -0.39 is 0 Å². The SMILES string of the molecule is CCOC(=O)N1CCC(NC(=O)CCNc2c(C)cc(C)cc2Cl)CC1. The highest BCUT2D eigenvalue weighted by Gasteiger charge is 2.24. The molecule has 2 N–H and O–H groups in total. The van der Waals surface area contributed by atoms with E-state index in [0.717, 1.165) is 29.7 Å². The number of halogens is 1. The summed E-state index contributed by atoms with van der Waals surface area (Å²) in [6.45, 7) is 7.93. The summed E-state index contributed by atoms with van der Waals surface area (Å²) in [7, 11) is 0. The Balaban J connectivity index is 1.71. The fourth-order valence-corrected chi connectivity index (χ4v) is 3.55. The number of rotatable bonds is 6. The second-order valence-corrected chi connectivity index (χ2v) is 7.05. The lowest BCUT2D eigenvalue weighted by atomic mass is 10.1. The van der Waals surface area contributed by atoms with Crippen LogP contribution in [0.4, 0.5) is 10.5 Å². The zero-order valence-electron chi connectivity index (χ0n) is 15.7. The van der Waals surface area contributed by atoms with Crippen LogP contribution in [0.5, 0.6) is 0 Å². The Morgan fingerprint density at radius 1 is 1.27 bits per heavy atom. The van der Waals surface area contributed by atoms with E-state index in [9.17, 15) is 9.59 Å². The first-order chi connectivity index (χ1) is 12.4. The van der Waals surface area contributed by atoms with Gasteiger partial charge < -0.3 is 20.3 Å². The first-order valence-corrected chi connectivity index (χ1v) is 9.50. The van der Waals surface area contributed by atoms with Crippen molar-refractivity contribution < 1.29 is 14.3 Å². The van der Waals surface area contributed by atoms with E-state index in [1.807, 2.05) is 19.9 Å². The van der Waals surface area contributed by atoms with Crippen molar-refractivity contribution in [2.45, 2.75) is 46.1 Å². The van der Waals surface area contributed by atoms with Crippen molar-refractivity contribution in [1.29, 1.82) is 0 Å². The summed E-state index contributed by atoms with van der Waals surface area (Å²) in [6, 6.07) is 4.08. The number of carbonyl (C=O) groups is 2. The van der Waals surface area contributed by atoms with Crippen LogP contribution < -0.4 is 10.6 Å². The largest absolute Gasteiger partial charge is 0.450 e. The molecule has 1 aromatic rings. The van der Waals surface area contributed by atoms with Gasteiger partial charge in [-0.15, -0.1) is 0 Å². The highest BCUT2D eigenvalue weighted by Crippen LogP contribution is 2.27. The molecule has 1 saturated heterocycles. The van der Waals surface area contributed by atoms with Crippen LogP contribution in [-0.4, -0.2) is 49.2 Å². The lowest BCUT2D eigenvalue weighted by Gasteiger charge is -2.31. The Bertz CT molecular complexity index is 620. The molecule has 1 aromatic carbocycles. The lowest BCUT2D eigenvalue weighted by molar-refractivity contribution is -0.121. The van der Waals surface area contributed by atoms with Crippen LogP contribution >= 0.6 is 11.6 Å². The smallest absolute Gasteiger partial charge is 0.409 e. The molecule has 0 unspecified atom stereocenters. The molecule has 2 amide bonds. The number of carbonyl (C=O) groups excluding carboxylic acids is 2. The molecule has 7 heteroatoms. The number of benzene rings is 1. The van der Waals surface area contributed by atoms with Crippen LogP contribution in [0.25, 0.3) is 0 Å². The second kappa shape index (κ2) is 9.67. The molecule has 0 aliphatic carbocycles. The molecular weight excluding hydrogens is 354 g/mol. The standard InChI is InChI=1S/C19H28ClN3O3/c1-4-26-19(25)23-9-6-15(7-10-23)22-17(24)5-8-21-18-14(3)11-13(2)12-16(18)20/h11-12,15,21H,4-10H2,1-3H3,(H,22,24). The monoisotopic (exact) mass is 381 g/mol. The number of hydrogen-bond acceptors (Lipinski definition) is 4. The van der Waals surface area contributed by atoms with Gasteiger partial charge in [-0.1, -0.05) is 17.7 Å². The predicted molar refractivity (Wildman–Crippen MR) is 104 cm³/mol. The number of anilines is 1. The van der Waals surface area contributed by atoms with Gasteiger partial charge in [0.1, 0.15) is 0 Å². The topological polar surface area (TPSA) is 70.7 Å². The van der Waals surface area contributed by atoms with E-state index >= 15 is 0 Å². The first kappa shape index (κ1) is 20.4. The van der Waals surface area contributed by atoms with Gasteiger partial charge >= 0.3 is 6.09 Å². The minimum absolute atomic E-state index is 0.00738. The normalized spacial score (nSPS) is 14.8. The molecule has 1 fully saturated rings. The molecule has 0 atom stereocenters. The zero-order valence-corrected chi connectivity index (χ0v) is 16.5. The summed E-state index contributed by atoms with van der Waals surface area (Å²) in [5, 5.41) is 6.97. The average molecular weight is 382 g/mol. The molecule has 144 valence electrons. The molecule has 1 heterocycles. The van der Waals surface area contributed by atoms with E-state index in [-0.39, 0.29) is 18.0 Å². The maximum Gasteiger partial charge on any atom is 0.409 e. The van der Waals surface area contributed by atoms with Crippen molar-refractivity contribution in [3.8, 4) is 0 Å². The van der Waals surface area contributed by atoms with Crippen molar-refractivity contribution >= 4 is 29.3 Å². The molecular formula is C19H28ClN3O3. The third-order valence-corrected chi connectivity index (χ3v) is 4.77. The van der Waals surface area contributed by atoms with Crippen molar-refractivity contribution in [3.63, 3.8) is 0 Å². The number of likely N-dealkylation sites (tertiary alicyclic amines) is 1. The summed E-state index contributed by atoms with van der Waals surface area (Å²) >= 11 is 6.26. The molecule has 6 nitrogen and oxygen atoms in total. The summed E-state index contributed by atoms with van der Waals surface area (Å²) in [5.74, 6) is 0.00738. The highest BCUT2D eigenvalue weighted by molar-refractivity contribution is 6.33. The number of hydrogen-bond donors (Lipinski definition) is 2. The molecule has 26 heavy (non-hydrogen) atoms. The van der Waals surface area contributed by atoms with Gasteiger partial charge in [-0.3, -0.25) is 4.79 Å². The van der Waals surface area contributed by atoms with E-state index in [1.165, 1.54) is 0 Å². The van der Waals surface area contributed by atoms with Gasteiger partial charge in [-0.2, -0.15) is 0 Å². The Hall–Kier alpha value is -1.95. The number of ether oxygens (including phenoxy) is 1. The van der Waals surface area contributed by atoms with Crippen molar-refractivity contribution in [1.82, 2.24) is 10.2 Å². The molecule has 0 bridgehead atoms. The Morgan fingerprint density at radius 3 is 2.58 bits per heavy atom. The summed E-state index contributed by atoms with van der Waals surface area (Å²) in [5.41, 5.74) is 3.07. The van der Waals surface area contributed by atoms with Crippen LogP contribution in [0, 0.1) is 13.8 Å². The molecule has 0 spiro atoms. The summed E-state index contributed by atoms with van der Waals surface area (Å²) in [6.07, 6.45) is 1.61.